The maximum Gasteiger partial charge on any atom is 0.407 e. The van der Waals surface area contributed by atoms with Gasteiger partial charge in [0.25, 0.3) is 0 Å². The minimum atomic E-state index is -0.452. The molecule has 0 rings (SSSR count). The van der Waals surface area contributed by atoms with Gasteiger partial charge in [0.2, 0.25) is 0 Å². The third-order valence-electron chi connectivity index (χ3n) is 2.14. The van der Waals surface area contributed by atoms with E-state index in [9.17, 15) is 4.79 Å². The molecule has 0 saturated carbocycles. The molecule has 0 aliphatic heterocycles. The van der Waals surface area contributed by atoms with E-state index in [0.29, 0.717) is 0 Å². The van der Waals surface area contributed by atoms with Crippen molar-refractivity contribution in [2.24, 2.45) is 5.41 Å². The van der Waals surface area contributed by atoms with Crippen LogP contribution in [-0.4, -0.2) is 31.3 Å². The summed E-state index contributed by atoms with van der Waals surface area (Å²) in [4.78, 5) is 11.6. The first kappa shape index (κ1) is 15.2. The van der Waals surface area contributed by atoms with Crippen LogP contribution in [0.25, 0.3) is 0 Å². The number of amides is 1. The molecule has 1 atom stereocenters. The Balaban J connectivity index is 4.36. The summed E-state index contributed by atoms with van der Waals surface area (Å²) in [7, 11) is 1.87. The highest BCUT2D eigenvalue weighted by Crippen LogP contribution is 2.19. The van der Waals surface area contributed by atoms with E-state index in [4.69, 9.17) is 4.74 Å². The number of alkyl carbamates (subject to hydrolysis) is 1. The standard InChI is InChI=1S/C12H26N2O2/c1-11(2,3)9(8-13-7)14-10(15)16-12(4,5)6/h9,13H,8H2,1-7H3,(H,14,15)/t9-/m0/s1. The Labute approximate surface area is 99.1 Å². The number of hydrogen-bond acceptors (Lipinski definition) is 3. The van der Waals surface area contributed by atoms with Crippen LogP contribution in [0.2, 0.25) is 0 Å². The molecule has 0 fully saturated rings. The van der Waals surface area contributed by atoms with E-state index in [0.717, 1.165) is 6.54 Å². The van der Waals surface area contributed by atoms with Crippen LogP contribution in [0.1, 0.15) is 41.5 Å². The van der Waals surface area contributed by atoms with Crippen LogP contribution < -0.4 is 10.6 Å². The number of carbonyl (C=O) groups is 1. The molecule has 0 aromatic heterocycles. The van der Waals surface area contributed by atoms with Crippen molar-refractivity contribution in [3.8, 4) is 0 Å². The van der Waals surface area contributed by atoms with E-state index in [1.165, 1.54) is 0 Å². The van der Waals surface area contributed by atoms with Crippen LogP contribution in [0.5, 0.6) is 0 Å². The van der Waals surface area contributed by atoms with E-state index >= 15 is 0 Å². The predicted molar refractivity (Wildman–Crippen MR) is 66.5 cm³/mol. The lowest BCUT2D eigenvalue weighted by Crippen LogP contribution is -2.50. The van der Waals surface area contributed by atoms with Gasteiger partial charge in [0.15, 0.2) is 0 Å². The first-order valence-electron chi connectivity index (χ1n) is 5.70. The predicted octanol–water partition coefficient (Wildman–Crippen LogP) is 2.15. The molecule has 0 aromatic rings. The topological polar surface area (TPSA) is 50.4 Å². The highest BCUT2D eigenvalue weighted by molar-refractivity contribution is 5.68. The maximum atomic E-state index is 11.6. The van der Waals surface area contributed by atoms with Crippen molar-refractivity contribution in [3.05, 3.63) is 0 Å². The molecule has 0 heterocycles. The van der Waals surface area contributed by atoms with Crippen LogP contribution in [-0.2, 0) is 4.74 Å². The Morgan fingerprint density at radius 3 is 2.00 bits per heavy atom. The quantitative estimate of drug-likeness (QED) is 0.781. The van der Waals surface area contributed by atoms with Crippen molar-refractivity contribution in [1.29, 1.82) is 0 Å². The molecule has 4 heteroatoms. The highest BCUT2D eigenvalue weighted by atomic mass is 16.6. The zero-order chi connectivity index (χ0) is 13.0. The zero-order valence-electron chi connectivity index (χ0n) is 11.6. The smallest absolute Gasteiger partial charge is 0.407 e. The Morgan fingerprint density at radius 1 is 1.19 bits per heavy atom. The Bertz CT molecular complexity index is 226. The van der Waals surface area contributed by atoms with Crippen molar-refractivity contribution in [3.63, 3.8) is 0 Å². The molecule has 0 saturated heterocycles. The minimum Gasteiger partial charge on any atom is -0.444 e. The zero-order valence-corrected chi connectivity index (χ0v) is 11.6. The number of likely N-dealkylation sites (N-methyl/N-ethyl adjacent to an activating group) is 1. The fourth-order valence-electron chi connectivity index (χ4n) is 1.23. The van der Waals surface area contributed by atoms with Crippen molar-refractivity contribution >= 4 is 6.09 Å². The number of hydrogen-bond donors (Lipinski definition) is 2. The van der Waals surface area contributed by atoms with Gasteiger partial charge in [-0.1, -0.05) is 20.8 Å². The van der Waals surface area contributed by atoms with E-state index in [1.807, 2.05) is 27.8 Å². The van der Waals surface area contributed by atoms with Gasteiger partial charge in [-0.25, -0.2) is 4.79 Å². The lowest BCUT2D eigenvalue weighted by Gasteiger charge is -2.32. The molecule has 0 unspecified atom stereocenters. The molecule has 4 nitrogen and oxygen atoms in total. The number of ether oxygens (including phenoxy) is 1. The molecular formula is C12H26N2O2. The first-order valence-corrected chi connectivity index (χ1v) is 5.70. The fourth-order valence-corrected chi connectivity index (χ4v) is 1.23. The number of carbonyl (C=O) groups excluding carboxylic acids is 1. The van der Waals surface area contributed by atoms with Gasteiger partial charge in [0, 0.05) is 12.6 Å². The summed E-state index contributed by atoms with van der Waals surface area (Å²) >= 11 is 0. The molecule has 1 amide bonds. The summed E-state index contributed by atoms with van der Waals surface area (Å²) in [6, 6.07) is 0.0485. The van der Waals surface area contributed by atoms with Gasteiger partial charge in [-0.15, -0.1) is 0 Å². The summed E-state index contributed by atoms with van der Waals surface area (Å²) in [5.74, 6) is 0. The van der Waals surface area contributed by atoms with Gasteiger partial charge in [-0.2, -0.15) is 0 Å². The molecule has 0 aliphatic rings. The van der Waals surface area contributed by atoms with Crippen LogP contribution in [0.4, 0.5) is 4.79 Å². The fraction of sp³-hybridized carbons (Fsp3) is 0.917. The Hall–Kier alpha value is -0.770. The lowest BCUT2D eigenvalue weighted by atomic mass is 9.87. The second-order valence-electron chi connectivity index (χ2n) is 6.12. The van der Waals surface area contributed by atoms with Crippen molar-refractivity contribution in [2.45, 2.75) is 53.2 Å². The third kappa shape index (κ3) is 6.67. The largest absolute Gasteiger partial charge is 0.444 e. The average molecular weight is 230 g/mol. The van der Waals surface area contributed by atoms with Gasteiger partial charge in [-0.3, -0.25) is 0 Å². The van der Waals surface area contributed by atoms with E-state index in [1.54, 1.807) is 0 Å². The molecule has 96 valence electrons. The van der Waals surface area contributed by atoms with Crippen LogP contribution in [0.15, 0.2) is 0 Å². The molecule has 16 heavy (non-hydrogen) atoms. The van der Waals surface area contributed by atoms with Crippen molar-refractivity contribution in [1.82, 2.24) is 10.6 Å². The third-order valence-corrected chi connectivity index (χ3v) is 2.14. The number of rotatable bonds is 3. The van der Waals surface area contributed by atoms with Gasteiger partial charge < -0.3 is 15.4 Å². The van der Waals surface area contributed by atoms with Crippen molar-refractivity contribution < 1.29 is 9.53 Å². The molecular weight excluding hydrogens is 204 g/mol. The lowest BCUT2D eigenvalue weighted by molar-refractivity contribution is 0.0464. The highest BCUT2D eigenvalue weighted by Gasteiger charge is 2.27. The van der Waals surface area contributed by atoms with Gasteiger partial charge >= 0.3 is 6.09 Å². The summed E-state index contributed by atoms with van der Waals surface area (Å²) in [6.07, 6.45) is -0.359. The Kier molecular flexibility index (Phi) is 5.26. The van der Waals surface area contributed by atoms with Gasteiger partial charge in [-0.05, 0) is 33.2 Å². The summed E-state index contributed by atoms with van der Waals surface area (Å²) in [6.45, 7) is 12.6. The Morgan fingerprint density at radius 2 is 1.69 bits per heavy atom. The molecule has 0 radical (unpaired) electrons. The summed E-state index contributed by atoms with van der Waals surface area (Å²) in [5, 5.41) is 5.96. The van der Waals surface area contributed by atoms with Crippen LogP contribution >= 0.6 is 0 Å². The van der Waals surface area contributed by atoms with E-state index < -0.39 is 5.60 Å². The monoisotopic (exact) mass is 230 g/mol. The molecule has 0 spiro atoms. The summed E-state index contributed by atoms with van der Waals surface area (Å²) in [5.41, 5.74) is -0.452. The van der Waals surface area contributed by atoms with Crippen LogP contribution in [0, 0.1) is 5.41 Å². The van der Waals surface area contributed by atoms with E-state index in [2.05, 4.69) is 31.4 Å². The maximum absolute atomic E-state index is 11.6. The van der Waals surface area contributed by atoms with E-state index in [-0.39, 0.29) is 17.6 Å². The van der Waals surface area contributed by atoms with Gasteiger partial charge in [0.05, 0.1) is 0 Å². The van der Waals surface area contributed by atoms with Crippen molar-refractivity contribution in [2.75, 3.05) is 13.6 Å². The minimum absolute atomic E-state index is 0.0000850. The molecule has 0 bridgehead atoms. The summed E-state index contributed by atoms with van der Waals surface area (Å²) < 4.78 is 5.23. The second kappa shape index (κ2) is 5.53. The molecule has 0 aliphatic carbocycles. The van der Waals surface area contributed by atoms with Gasteiger partial charge in [0.1, 0.15) is 5.60 Å². The van der Waals surface area contributed by atoms with Crippen LogP contribution in [0.3, 0.4) is 0 Å². The normalized spacial score (nSPS) is 14.4. The first-order chi connectivity index (χ1) is 7.06. The average Bonchev–Trinajstić information content (AvgIpc) is 1.97. The SMILES string of the molecule is CNC[C@H](NC(=O)OC(C)(C)C)C(C)(C)C. The molecule has 0 aromatic carbocycles. The second-order valence-corrected chi connectivity index (χ2v) is 6.12. The molecule has 2 N–H and O–H groups in total. The number of nitrogens with one attached hydrogen (secondary N) is 2.